The largest absolute Gasteiger partial charge is 0.479 e. The predicted molar refractivity (Wildman–Crippen MR) is 102 cm³/mol. The lowest BCUT2D eigenvalue weighted by molar-refractivity contribution is -0.163. The summed E-state index contributed by atoms with van der Waals surface area (Å²) < 4.78 is 10.9. The first kappa shape index (κ1) is 20.0. The van der Waals surface area contributed by atoms with Crippen LogP contribution in [0.5, 0.6) is 0 Å². The molecule has 0 saturated carbocycles. The lowest BCUT2D eigenvalue weighted by Crippen LogP contribution is -2.54. The van der Waals surface area contributed by atoms with Gasteiger partial charge < -0.3 is 24.6 Å². The summed E-state index contributed by atoms with van der Waals surface area (Å²) in [7, 11) is 0. The molecular formula is C21H23NO6. The molecule has 3 rings (SSSR count). The molecule has 1 heterocycles. The van der Waals surface area contributed by atoms with Crippen LogP contribution < -0.4 is 4.90 Å². The molecule has 1 saturated heterocycles. The van der Waals surface area contributed by atoms with E-state index < -0.39 is 24.1 Å². The summed E-state index contributed by atoms with van der Waals surface area (Å²) in [5.41, 5.74) is 2.76. The van der Waals surface area contributed by atoms with Crippen molar-refractivity contribution >= 4 is 17.6 Å². The van der Waals surface area contributed by atoms with Crippen molar-refractivity contribution in [2.75, 3.05) is 24.7 Å². The van der Waals surface area contributed by atoms with Crippen LogP contribution in [0, 0.1) is 0 Å². The molecular weight excluding hydrogens is 362 g/mol. The van der Waals surface area contributed by atoms with E-state index in [0.717, 1.165) is 11.1 Å². The second-order valence-corrected chi connectivity index (χ2v) is 6.52. The number of aliphatic carboxylic acids is 1. The maximum atomic E-state index is 12.6. The van der Waals surface area contributed by atoms with Gasteiger partial charge in [-0.2, -0.15) is 0 Å². The third-order valence-corrected chi connectivity index (χ3v) is 4.53. The van der Waals surface area contributed by atoms with Crippen molar-refractivity contribution in [3.05, 3.63) is 65.7 Å². The quantitative estimate of drug-likeness (QED) is 0.671. The zero-order chi connectivity index (χ0) is 19.9. The van der Waals surface area contributed by atoms with Gasteiger partial charge in [0.05, 0.1) is 19.8 Å². The summed E-state index contributed by atoms with van der Waals surface area (Å²) in [6, 6.07) is 17.4. The molecule has 1 aliphatic heterocycles. The van der Waals surface area contributed by atoms with E-state index in [9.17, 15) is 14.7 Å². The van der Waals surface area contributed by atoms with Crippen molar-refractivity contribution in [1.82, 2.24) is 0 Å². The van der Waals surface area contributed by atoms with Crippen LogP contribution in [-0.4, -0.2) is 54.1 Å². The van der Waals surface area contributed by atoms with Gasteiger partial charge in [0.25, 0.3) is 5.91 Å². The Morgan fingerprint density at radius 2 is 1.93 bits per heavy atom. The van der Waals surface area contributed by atoms with E-state index in [4.69, 9.17) is 14.6 Å². The molecule has 0 bridgehead atoms. The third kappa shape index (κ3) is 4.95. The van der Waals surface area contributed by atoms with Gasteiger partial charge in [-0.1, -0.05) is 42.5 Å². The van der Waals surface area contributed by atoms with Crippen molar-refractivity contribution < 1.29 is 29.3 Å². The van der Waals surface area contributed by atoms with Crippen LogP contribution >= 0.6 is 0 Å². The van der Waals surface area contributed by atoms with Crippen LogP contribution in [0.4, 0.5) is 5.69 Å². The smallest absolute Gasteiger partial charge is 0.335 e. The van der Waals surface area contributed by atoms with Crippen molar-refractivity contribution in [1.29, 1.82) is 0 Å². The van der Waals surface area contributed by atoms with Crippen LogP contribution in [0.25, 0.3) is 0 Å². The molecule has 148 valence electrons. The van der Waals surface area contributed by atoms with Crippen LogP contribution in [0.1, 0.15) is 11.1 Å². The van der Waals surface area contributed by atoms with Gasteiger partial charge in [0.2, 0.25) is 0 Å². The number of aliphatic hydroxyl groups excluding tert-OH is 1. The standard InChI is InChI=1S/C21H23NO6/c23-18(21(25)26)19-20(24)22(10-12-28-19)17-8-4-7-15(13-17)9-11-27-14-16-5-2-1-3-6-16/h1-8,13,18-19,23H,9-12,14H2,(H,25,26)/t18-,19-/m1/s1. The van der Waals surface area contributed by atoms with E-state index in [2.05, 4.69) is 0 Å². The number of carboxylic acids is 1. The number of amides is 1. The molecule has 2 atom stereocenters. The van der Waals surface area contributed by atoms with Gasteiger partial charge in [-0.15, -0.1) is 0 Å². The first-order valence-corrected chi connectivity index (χ1v) is 9.11. The van der Waals surface area contributed by atoms with Crippen molar-refractivity contribution in [2.24, 2.45) is 0 Å². The number of rotatable bonds is 8. The van der Waals surface area contributed by atoms with Crippen LogP contribution in [0.15, 0.2) is 54.6 Å². The Morgan fingerprint density at radius 1 is 1.18 bits per heavy atom. The maximum Gasteiger partial charge on any atom is 0.335 e. The SMILES string of the molecule is O=C(O)[C@H](O)[C@H]1OCCN(c2cccc(CCOCc3ccccc3)c2)C1=O. The van der Waals surface area contributed by atoms with E-state index in [1.807, 2.05) is 48.5 Å². The van der Waals surface area contributed by atoms with Gasteiger partial charge in [0.15, 0.2) is 12.2 Å². The molecule has 0 aliphatic carbocycles. The normalized spacial score (nSPS) is 18.1. The lowest BCUT2D eigenvalue weighted by atomic mass is 10.1. The predicted octanol–water partition coefficient (Wildman–Crippen LogP) is 1.62. The summed E-state index contributed by atoms with van der Waals surface area (Å²) in [5.74, 6) is -2.04. The highest BCUT2D eigenvalue weighted by Gasteiger charge is 2.39. The van der Waals surface area contributed by atoms with Gasteiger partial charge in [-0.05, 0) is 29.7 Å². The molecule has 2 N–H and O–H groups in total. The highest BCUT2D eigenvalue weighted by Crippen LogP contribution is 2.22. The van der Waals surface area contributed by atoms with Gasteiger partial charge in [-0.3, -0.25) is 4.79 Å². The number of aliphatic hydroxyl groups is 1. The highest BCUT2D eigenvalue weighted by atomic mass is 16.5. The monoisotopic (exact) mass is 385 g/mol. The average molecular weight is 385 g/mol. The number of benzene rings is 2. The highest BCUT2D eigenvalue weighted by molar-refractivity contribution is 6.00. The number of hydrogen-bond acceptors (Lipinski definition) is 5. The average Bonchev–Trinajstić information content (AvgIpc) is 2.72. The molecule has 2 aromatic carbocycles. The van der Waals surface area contributed by atoms with Crippen molar-refractivity contribution in [2.45, 2.75) is 25.2 Å². The number of anilines is 1. The minimum absolute atomic E-state index is 0.158. The summed E-state index contributed by atoms with van der Waals surface area (Å²) in [6.07, 6.45) is -2.60. The fraction of sp³-hybridized carbons (Fsp3) is 0.333. The van der Waals surface area contributed by atoms with Crippen LogP contribution in [0.2, 0.25) is 0 Å². The Bertz CT molecular complexity index is 810. The Labute approximate surface area is 163 Å². The topological polar surface area (TPSA) is 96.3 Å². The van der Waals surface area contributed by atoms with E-state index in [0.29, 0.717) is 31.9 Å². The van der Waals surface area contributed by atoms with Crippen LogP contribution in [-0.2, 0) is 32.1 Å². The van der Waals surface area contributed by atoms with E-state index in [1.165, 1.54) is 4.90 Å². The maximum absolute atomic E-state index is 12.6. The number of carbonyl (C=O) groups excluding carboxylic acids is 1. The number of carbonyl (C=O) groups is 2. The molecule has 0 unspecified atom stereocenters. The fourth-order valence-corrected chi connectivity index (χ4v) is 3.05. The number of carboxylic acid groups (broad SMARTS) is 1. The Morgan fingerprint density at radius 3 is 2.68 bits per heavy atom. The van der Waals surface area contributed by atoms with E-state index in [-0.39, 0.29) is 6.61 Å². The molecule has 1 fully saturated rings. The molecule has 7 nitrogen and oxygen atoms in total. The Hall–Kier alpha value is -2.74. The summed E-state index contributed by atoms with van der Waals surface area (Å²) >= 11 is 0. The zero-order valence-electron chi connectivity index (χ0n) is 15.4. The summed E-state index contributed by atoms with van der Waals surface area (Å²) in [4.78, 5) is 25.0. The molecule has 0 radical (unpaired) electrons. The Balaban J connectivity index is 1.59. The second-order valence-electron chi connectivity index (χ2n) is 6.52. The number of ether oxygens (including phenoxy) is 2. The van der Waals surface area contributed by atoms with Gasteiger partial charge in [0.1, 0.15) is 0 Å². The molecule has 1 aliphatic rings. The summed E-state index contributed by atoms with van der Waals surface area (Å²) in [5, 5.41) is 18.6. The second kappa shape index (κ2) is 9.45. The van der Waals surface area contributed by atoms with Crippen molar-refractivity contribution in [3.8, 4) is 0 Å². The first-order valence-electron chi connectivity index (χ1n) is 9.11. The Kier molecular flexibility index (Phi) is 6.76. The minimum Gasteiger partial charge on any atom is -0.479 e. The van der Waals surface area contributed by atoms with Gasteiger partial charge >= 0.3 is 5.97 Å². The number of hydrogen-bond donors (Lipinski definition) is 2. The van der Waals surface area contributed by atoms with Crippen LogP contribution in [0.3, 0.4) is 0 Å². The first-order chi connectivity index (χ1) is 13.6. The molecule has 1 amide bonds. The molecule has 0 spiro atoms. The van der Waals surface area contributed by atoms with Gasteiger partial charge in [0, 0.05) is 12.2 Å². The number of morpholine rings is 1. The number of nitrogens with zero attached hydrogens (tertiary/aromatic N) is 1. The minimum atomic E-state index is -1.88. The fourth-order valence-electron chi connectivity index (χ4n) is 3.05. The van der Waals surface area contributed by atoms with E-state index >= 15 is 0 Å². The van der Waals surface area contributed by atoms with Crippen molar-refractivity contribution in [3.63, 3.8) is 0 Å². The molecule has 0 aromatic heterocycles. The lowest BCUT2D eigenvalue weighted by Gasteiger charge is -2.33. The molecule has 2 aromatic rings. The molecule has 7 heteroatoms. The molecule has 28 heavy (non-hydrogen) atoms. The summed E-state index contributed by atoms with van der Waals surface area (Å²) in [6.45, 7) is 1.54. The van der Waals surface area contributed by atoms with E-state index in [1.54, 1.807) is 6.07 Å². The zero-order valence-corrected chi connectivity index (χ0v) is 15.4. The third-order valence-electron chi connectivity index (χ3n) is 4.53. The van der Waals surface area contributed by atoms with Gasteiger partial charge in [-0.25, -0.2) is 4.79 Å².